The molecular weight excluding hydrogens is 291 g/mol. The first-order chi connectivity index (χ1) is 11.1. The van der Waals surface area contributed by atoms with Crippen molar-refractivity contribution in [2.75, 3.05) is 14.2 Å². The highest BCUT2D eigenvalue weighted by Gasteiger charge is 2.06. The van der Waals surface area contributed by atoms with Gasteiger partial charge < -0.3 is 18.8 Å². The van der Waals surface area contributed by atoms with E-state index in [1.165, 1.54) is 0 Å². The van der Waals surface area contributed by atoms with E-state index in [0.717, 1.165) is 22.6 Å². The van der Waals surface area contributed by atoms with Gasteiger partial charge in [-0.25, -0.2) is 0 Å². The molecule has 2 rings (SSSR count). The van der Waals surface area contributed by atoms with Gasteiger partial charge in [-0.15, -0.1) is 0 Å². The molecule has 0 spiro atoms. The lowest BCUT2D eigenvalue weighted by atomic mass is 10.1. The summed E-state index contributed by atoms with van der Waals surface area (Å²) in [5, 5.41) is 0. The van der Waals surface area contributed by atoms with E-state index in [9.17, 15) is 0 Å². The summed E-state index contributed by atoms with van der Waals surface area (Å²) < 4.78 is 21.2. The maximum Gasteiger partial charge on any atom is 0.576 e. The van der Waals surface area contributed by atoms with Crippen molar-refractivity contribution in [2.45, 2.75) is 0 Å². The summed E-state index contributed by atoms with van der Waals surface area (Å²) in [4.78, 5) is 0. The van der Waals surface area contributed by atoms with Crippen molar-refractivity contribution < 1.29 is 18.8 Å². The number of hydrogen-bond acceptors (Lipinski definition) is 4. The Morgan fingerprint density at radius 2 is 1.04 bits per heavy atom. The zero-order valence-electron chi connectivity index (χ0n) is 13.4. The quantitative estimate of drug-likeness (QED) is 0.551. The van der Waals surface area contributed by atoms with E-state index in [1.54, 1.807) is 14.2 Å². The Hall–Kier alpha value is -2.82. The van der Waals surface area contributed by atoms with Crippen molar-refractivity contribution >= 4 is 19.2 Å². The third-order valence-corrected chi connectivity index (χ3v) is 3.29. The van der Waals surface area contributed by atoms with Crippen molar-refractivity contribution in [3.63, 3.8) is 0 Å². The lowest BCUT2D eigenvalue weighted by Crippen LogP contribution is -2.03. The van der Waals surface area contributed by atoms with Crippen LogP contribution >= 0.6 is 0 Å². The SMILES string of the molecule is C=C(OBOC(=C)c1ccc(OC)cc1)c1ccc(OC)cc1. The molecule has 0 aromatic heterocycles. The summed E-state index contributed by atoms with van der Waals surface area (Å²) >= 11 is 0. The number of hydrogen-bond donors (Lipinski definition) is 0. The predicted octanol–water partition coefficient (Wildman–Crippen LogP) is 3.65. The number of benzene rings is 2. The largest absolute Gasteiger partial charge is 0.576 e. The molecule has 0 saturated carbocycles. The zero-order chi connectivity index (χ0) is 16.7. The second kappa shape index (κ2) is 7.99. The van der Waals surface area contributed by atoms with Gasteiger partial charge >= 0.3 is 7.69 Å². The summed E-state index contributed by atoms with van der Waals surface area (Å²) in [5.74, 6) is 2.61. The predicted molar refractivity (Wildman–Crippen MR) is 93.4 cm³/mol. The van der Waals surface area contributed by atoms with Crippen LogP contribution in [0.3, 0.4) is 0 Å². The minimum atomic E-state index is 0.0374. The van der Waals surface area contributed by atoms with Crippen LogP contribution in [0, 0.1) is 0 Å². The smallest absolute Gasteiger partial charge is 0.529 e. The molecule has 0 heterocycles. The zero-order valence-corrected chi connectivity index (χ0v) is 13.4. The van der Waals surface area contributed by atoms with Gasteiger partial charge in [0, 0.05) is 11.1 Å². The minimum Gasteiger partial charge on any atom is -0.529 e. The van der Waals surface area contributed by atoms with Crippen LogP contribution in [-0.2, 0) is 9.31 Å². The molecule has 0 fully saturated rings. The molecule has 0 unspecified atom stereocenters. The summed E-state index contributed by atoms with van der Waals surface area (Å²) in [6.45, 7) is 7.77. The normalized spacial score (nSPS) is 9.65. The second-order valence-corrected chi connectivity index (χ2v) is 4.71. The molecule has 118 valence electrons. The number of methoxy groups -OCH3 is 2. The Morgan fingerprint density at radius 3 is 1.35 bits per heavy atom. The molecule has 0 N–H and O–H groups in total. The number of ether oxygens (including phenoxy) is 2. The molecule has 0 saturated heterocycles. The highest BCUT2D eigenvalue weighted by molar-refractivity contribution is 6.22. The summed E-state index contributed by atoms with van der Waals surface area (Å²) in [6, 6.07) is 14.9. The fourth-order valence-corrected chi connectivity index (χ4v) is 1.89. The van der Waals surface area contributed by atoms with Gasteiger partial charge in [0.25, 0.3) is 0 Å². The highest BCUT2D eigenvalue weighted by atomic mass is 16.6. The highest BCUT2D eigenvalue weighted by Crippen LogP contribution is 2.20. The van der Waals surface area contributed by atoms with Crippen molar-refractivity contribution in [2.24, 2.45) is 0 Å². The van der Waals surface area contributed by atoms with E-state index < -0.39 is 0 Å². The molecule has 0 radical (unpaired) electrons. The first-order valence-corrected chi connectivity index (χ1v) is 7.06. The van der Waals surface area contributed by atoms with Crippen LogP contribution in [0.5, 0.6) is 11.5 Å². The van der Waals surface area contributed by atoms with E-state index in [4.69, 9.17) is 18.8 Å². The summed E-state index contributed by atoms with van der Waals surface area (Å²) in [5.41, 5.74) is 1.73. The first-order valence-electron chi connectivity index (χ1n) is 7.06. The molecule has 0 bridgehead atoms. The Morgan fingerprint density at radius 1 is 0.696 bits per heavy atom. The topological polar surface area (TPSA) is 36.9 Å². The van der Waals surface area contributed by atoms with Crippen LogP contribution < -0.4 is 9.47 Å². The third-order valence-electron chi connectivity index (χ3n) is 3.29. The van der Waals surface area contributed by atoms with Crippen LogP contribution in [0.2, 0.25) is 0 Å². The van der Waals surface area contributed by atoms with Gasteiger partial charge in [-0.3, -0.25) is 0 Å². The van der Waals surface area contributed by atoms with E-state index in [1.807, 2.05) is 48.5 Å². The lowest BCUT2D eigenvalue weighted by Gasteiger charge is -2.12. The van der Waals surface area contributed by atoms with E-state index in [-0.39, 0.29) is 7.69 Å². The van der Waals surface area contributed by atoms with Crippen molar-refractivity contribution in [3.8, 4) is 11.5 Å². The van der Waals surface area contributed by atoms with Gasteiger partial charge in [-0.2, -0.15) is 0 Å². The molecule has 2 aromatic rings. The average molecular weight is 310 g/mol. The molecule has 0 atom stereocenters. The molecule has 4 nitrogen and oxygen atoms in total. The fraction of sp³-hybridized carbons (Fsp3) is 0.111. The van der Waals surface area contributed by atoms with Crippen molar-refractivity contribution in [3.05, 3.63) is 72.8 Å². The van der Waals surface area contributed by atoms with Crippen LogP contribution in [0.4, 0.5) is 0 Å². The van der Waals surface area contributed by atoms with Crippen molar-refractivity contribution in [1.29, 1.82) is 0 Å². The van der Waals surface area contributed by atoms with Gasteiger partial charge in [0.1, 0.15) is 23.0 Å². The fourth-order valence-electron chi connectivity index (χ4n) is 1.89. The molecule has 0 aliphatic rings. The van der Waals surface area contributed by atoms with Crippen LogP contribution in [0.15, 0.2) is 61.7 Å². The van der Waals surface area contributed by atoms with Gasteiger partial charge in [-0.1, -0.05) is 13.2 Å². The molecular formula is C18H19BO4. The lowest BCUT2D eigenvalue weighted by molar-refractivity contribution is 0.410. The third kappa shape index (κ3) is 4.58. The average Bonchev–Trinajstić information content (AvgIpc) is 2.61. The second-order valence-electron chi connectivity index (χ2n) is 4.71. The molecule has 5 heteroatoms. The van der Waals surface area contributed by atoms with Gasteiger partial charge in [0.15, 0.2) is 0 Å². The summed E-state index contributed by atoms with van der Waals surface area (Å²) in [7, 11) is 3.29. The monoisotopic (exact) mass is 310 g/mol. The van der Waals surface area contributed by atoms with Gasteiger partial charge in [0.2, 0.25) is 0 Å². The van der Waals surface area contributed by atoms with E-state index >= 15 is 0 Å². The number of rotatable bonds is 8. The Bertz CT molecular complexity index is 603. The summed E-state index contributed by atoms with van der Waals surface area (Å²) in [6.07, 6.45) is 0. The molecule has 23 heavy (non-hydrogen) atoms. The Labute approximate surface area is 137 Å². The van der Waals surface area contributed by atoms with E-state index in [0.29, 0.717) is 11.5 Å². The maximum absolute atomic E-state index is 5.50. The van der Waals surface area contributed by atoms with Gasteiger partial charge in [0.05, 0.1) is 14.2 Å². The molecule has 0 aliphatic heterocycles. The van der Waals surface area contributed by atoms with Crippen LogP contribution in [0.1, 0.15) is 11.1 Å². The van der Waals surface area contributed by atoms with Crippen LogP contribution in [-0.4, -0.2) is 21.9 Å². The first kappa shape index (κ1) is 16.6. The standard InChI is InChI=1S/C18H19BO4/c1-13(15-5-9-17(20-3)10-6-15)22-19-23-14(2)16-7-11-18(21-4)12-8-16/h5-12,19H,1-2H2,3-4H3. The molecule has 0 amide bonds. The van der Waals surface area contributed by atoms with Gasteiger partial charge in [-0.05, 0) is 48.5 Å². The van der Waals surface area contributed by atoms with Crippen molar-refractivity contribution in [1.82, 2.24) is 0 Å². The van der Waals surface area contributed by atoms with Crippen LogP contribution in [0.25, 0.3) is 11.5 Å². The Balaban J connectivity index is 1.83. The molecule has 0 aliphatic carbocycles. The Kier molecular flexibility index (Phi) is 5.75. The maximum atomic E-state index is 5.50. The van der Waals surface area contributed by atoms with E-state index in [2.05, 4.69) is 13.2 Å². The minimum absolute atomic E-state index is 0.0374. The molecule has 2 aromatic carbocycles.